The van der Waals surface area contributed by atoms with Crippen LogP contribution in [-0.4, -0.2) is 76.9 Å². The van der Waals surface area contributed by atoms with Gasteiger partial charge in [0, 0.05) is 91.7 Å². The Balaban J connectivity index is 1.52. The zero-order chi connectivity index (χ0) is 30.2. The zero-order valence-corrected chi connectivity index (χ0v) is 24.0. The van der Waals surface area contributed by atoms with E-state index in [0.717, 1.165) is 31.5 Å². The first-order chi connectivity index (χ1) is 20.7. The fourth-order valence-electron chi connectivity index (χ4n) is 7.32. The van der Waals surface area contributed by atoms with E-state index < -0.39 is 28.6 Å². The quantitative estimate of drug-likeness (QED) is 0.282. The summed E-state index contributed by atoms with van der Waals surface area (Å²) < 4.78 is 32.2. The summed E-state index contributed by atoms with van der Waals surface area (Å²) in [6, 6.07) is 3.27. The number of hydrogen-bond acceptors (Lipinski definition) is 8. The number of carbonyl (C=O) groups is 1. The highest BCUT2D eigenvalue weighted by Crippen LogP contribution is 2.51. The van der Waals surface area contributed by atoms with Crippen molar-refractivity contribution in [2.45, 2.75) is 37.8 Å². The largest absolute Gasteiger partial charge is 0.477 e. The number of halogens is 2. The van der Waals surface area contributed by atoms with Gasteiger partial charge >= 0.3 is 5.97 Å². The Morgan fingerprint density at radius 2 is 1.88 bits per heavy atom. The lowest BCUT2D eigenvalue weighted by atomic mass is 9.94. The minimum atomic E-state index is -1.35. The molecule has 1 aliphatic carbocycles. The van der Waals surface area contributed by atoms with Crippen molar-refractivity contribution >= 4 is 28.4 Å². The lowest BCUT2D eigenvalue weighted by molar-refractivity contribution is 0.0695. The monoisotopic (exact) mass is 587 g/mol. The van der Waals surface area contributed by atoms with Crippen LogP contribution in [-0.2, 0) is 6.42 Å². The topological polar surface area (TPSA) is 116 Å². The van der Waals surface area contributed by atoms with Gasteiger partial charge in [0.05, 0.1) is 16.8 Å². The Morgan fingerprint density at radius 3 is 2.63 bits per heavy atom. The molecule has 1 aromatic carbocycles. The van der Waals surface area contributed by atoms with E-state index in [1.165, 1.54) is 16.9 Å². The Labute approximate surface area is 245 Å². The van der Waals surface area contributed by atoms with Gasteiger partial charge in [-0.25, -0.2) is 23.2 Å². The van der Waals surface area contributed by atoms with Crippen molar-refractivity contribution in [1.82, 2.24) is 19.5 Å². The Kier molecular flexibility index (Phi) is 6.35. The molecule has 4 aromatic rings. The number of aromatic carboxylic acids is 1. The third-order valence-corrected chi connectivity index (χ3v) is 9.32. The van der Waals surface area contributed by atoms with Crippen molar-refractivity contribution in [2.75, 3.05) is 49.9 Å². The number of nitrogens with one attached hydrogen (secondary N) is 2. The molecule has 2 saturated heterocycles. The highest BCUT2D eigenvalue weighted by molar-refractivity contribution is 5.99. The summed E-state index contributed by atoms with van der Waals surface area (Å²) in [6.07, 6.45) is 7.77. The van der Waals surface area contributed by atoms with Gasteiger partial charge < -0.3 is 25.6 Å². The molecule has 222 valence electrons. The number of benzene rings is 1. The highest BCUT2D eigenvalue weighted by Gasteiger charge is 2.42. The van der Waals surface area contributed by atoms with Crippen molar-refractivity contribution in [2.24, 2.45) is 0 Å². The molecule has 0 radical (unpaired) electrons. The molecule has 2 aliphatic heterocycles. The molecular weight excluding hydrogens is 556 g/mol. The summed E-state index contributed by atoms with van der Waals surface area (Å²) in [5.41, 5.74) is 6.54. The molecule has 5 heterocycles. The Morgan fingerprint density at radius 1 is 1.07 bits per heavy atom. The first kappa shape index (κ1) is 27.3. The first-order valence-electron chi connectivity index (χ1n) is 14.4. The number of anilines is 2. The maximum absolute atomic E-state index is 15.8. The highest BCUT2D eigenvalue weighted by atomic mass is 19.2. The second-order valence-electron chi connectivity index (χ2n) is 11.4. The van der Waals surface area contributed by atoms with Crippen molar-refractivity contribution in [3.8, 4) is 22.3 Å². The molecule has 0 saturated carbocycles. The number of carboxylic acids is 1. The van der Waals surface area contributed by atoms with Crippen LogP contribution in [0, 0.1) is 11.6 Å². The van der Waals surface area contributed by atoms with Gasteiger partial charge in [-0.05, 0) is 44.5 Å². The summed E-state index contributed by atoms with van der Waals surface area (Å²) >= 11 is 0. The zero-order valence-electron chi connectivity index (χ0n) is 24.0. The number of nitrogens with zero attached hydrogens (tertiary/aromatic N) is 5. The van der Waals surface area contributed by atoms with Crippen molar-refractivity contribution in [3.63, 3.8) is 0 Å². The van der Waals surface area contributed by atoms with Crippen LogP contribution >= 0.6 is 0 Å². The molecule has 0 bridgehead atoms. The average molecular weight is 588 g/mol. The maximum atomic E-state index is 15.8. The molecule has 3 aliphatic rings. The lowest BCUT2D eigenvalue weighted by Gasteiger charge is -2.39. The molecule has 7 rings (SSSR count). The molecule has 43 heavy (non-hydrogen) atoms. The van der Waals surface area contributed by atoms with Crippen molar-refractivity contribution < 1.29 is 18.7 Å². The molecule has 10 nitrogen and oxygen atoms in total. The Hall–Kier alpha value is -4.58. The summed E-state index contributed by atoms with van der Waals surface area (Å²) in [5, 5.41) is 12.8. The van der Waals surface area contributed by atoms with Gasteiger partial charge in [0.15, 0.2) is 17.3 Å². The number of likely N-dealkylation sites (tertiary alicyclic amines) is 1. The number of carboxylic acid groups (broad SMARTS) is 1. The number of likely N-dealkylation sites (N-methyl/N-ethyl adjacent to an activating group) is 1. The SMILES string of the molecule is CNc1cc(F)c(F)c2c1Cc1ncc(-c3cnc4c(c3)c(=O)c(C(=O)O)cn4NC)c(N3CCC4C3CCCN4C)c1-2. The van der Waals surface area contributed by atoms with E-state index in [-0.39, 0.29) is 22.6 Å². The molecular formula is C31H31F2N7O3. The number of aromatic nitrogens is 3. The fraction of sp³-hybridized carbons (Fsp3) is 0.355. The van der Waals surface area contributed by atoms with Crippen LogP contribution in [0.25, 0.3) is 33.3 Å². The molecule has 3 aromatic heterocycles. The number of fused-ring (bicyclic) bond motifs is 5. The molecule has 0 spiro atoms. The summed E-state index contributed by atoms with van der Waals surface area (Å²) in [6.45, 7) is 1.72. The van der Waals surface area contributed by atoms with Crippen LogP contribution in [0.2, 0.25) is 0 Å². The van der Waals surface area contributed by atoms with Gasteiger partial charge in [-0.2, -0.15) is 0 Å². The number of pyridine rings is 3. The number of hydrogen-bond donors (Lipinski definition) is 3. The van der Waals surface area contributed by atoms with E-state index in [1.807, 2.05) is 0 Å². The van der Waals surface area contributed by atoms with Crippen molar-refractivity contribution in [3.05, 3.63) is 69.4 Å². The van der Waals surface area contributed by atoms with Crippen LogP contribution in [0.5, 0.6) is 0 Å². The van der Waals surface area contributed by atoms with Crippen LogP contribution in [0.1, 0.15) is 40.9 Å². The molecule has 12 heteroatoms. The summed E-state index contributed by atoms with van der Waals surface area (Å²) in [4.78, 5) is 39.2. The number of rotatable bonds is 5. The molecule has 0 amide bonds. The van der Waals surface area contributed by atoms with E-state index in [4.69, 9.17) is 4.98 Å². The van der Waals surface area contributed by atoms with Crippen LogP contribution in [0.3, 0.4) is 0 Å². The van der Waals surface area contributed by atoms with Crippen LogP contribution in [0.4, 0.5) is 20.2 Å². The van der Waals surface area contributed by atoms with Crippen molar-refractivity contribution in [1.29, 1.82) is 0 Å². The van der Waals surface area contributed by atoms with Gasteiger partial charge in [-0.3, -0.25) is 9.78 Å². The standard InChI is InChI=1S/C31H31F2N7O3/c1-34-21-11-20(32)27(33)25-16(21)10-22-26(25)28(39-8-6-23-24(39)5-4-7-38(23)3)18(13-36-22)15-9-17-29(41)19(31(42)43)14-40(35-2)30(17)37-12-15/h9,11-14,23-24,34-35H,4-8,10H2,1-3H3,(H,42,43). The van der Waals surface area contributed by atoms with Gasteiger partial charge in [0.2, 0.25) is 5.43 Å². The molecule has 2 fully saturated rings. The minimum Gasteiger partial charge on any atom is -0.477 e. The first-order valence-corrected chi connectivity index (χ1v) is 14.4. The normalized spacial score (nSPS) is 19.3. The minimum absolute atomic E-state index is 0.116. The number of piperidine rings is 1. The van der Waals surface area contributed by atoms with Crippen LogP contribution < -0.4 is 21.1 Å². The fourth-order valence-corrected chi connectivity index (χ4v) is 7.32. The second-order valence-corrected chi connectivity index (χ2v) is 11.4. The third-order valence-electron chi connectivity index (χ3n) is 9.32. The lowest BCUT2D eigenvalue weighted by Crippen LogP contribution is -2.48. The van der Waals surface area contributed by atoms with Gasteiger partial charge in [-0.15, -0.1) is 0 Å². The third kappa shape index (κ3) is 3.99. The predicted octanol–water partition coefficient (Wildman–Crippen LogP) is 3.89. The molecule has 3 N–H and O–H groups in total. The second kappa shape index (κ2) is 10.0. The molecule has 2 unspecified atom stereocenters. The van der Waals surface area contributed by atoms with Gasteiger partial charge in [0.1, 0.15) is 5.56 Å². The summed E-state index contributed by atoms with van der Waals surface area (Å²) in [5.74, 6) is -3.20. The van der Waals surface area contributed by atoms with Crippen LogP contribution in [0.15, 0.2) is 35.5 Å². The van der Waals surface area contributed by atoms with Gasteiger partial charge in [0.25, 0.3) is 0 Å². The van der Waals surface area contributed by atoms with E-state index in [9.17, 15) is 14.7 Å². The Bertz CT molecular complexity index is 1890. The van der Waals surface area contributed by atoms with E-state index in [2.05, 4.69) is 32.6 Å². The van der Waals surface area contributed by atoms with Gasteiger partial charge in [-0.1, -0.05) is 0 Å². The average Bonchev–Trinajstić information content (AvgIpc) is 3.61. The predicted molar refractivity (Wildman–Crippen MR) is 161 cm³/mol. The summed E-state index contributed by atoms with van der Waals surface area (Å²) in [7, 11) is 5.41. The van der Waals surface area contributed by atoms with E-state index in [0.29, 0.717) is 52.6 Å². The smallest absolute Gasteiger partial charge is 0.341 e. The van der Waals surface area contributed by atoms with E-state index >= 15 is 8.78 Å². The van der Waals surface area contributed by atoms with E-state index in [1.54, 1.807) is 32.6 Å². The maximum Gasteiger partial charge on any atom is 0.341 e. The molecule has 2 atom stereocenters.